The first-order valence-electron chi connectivity index (χ1n) is 6.80. The summed E-state index contributed by atoms with van der Waals surface area (Å²) < 4.78 is 5.57. The van der Waals surface area contributed by atoms with Gasteiger partial charge in [0.05, 0.1) is 30.4 Å². The van der Waals surface area contributed by atoms with Crippen molar-refractivity contribution in [1.29, 1.82) is 0 Å². The monoisotopic (exact) mass is 279 g/mol. The summed E-state index contributed by atoms with van der Waals surface area (Å²) in [6, 6.07) is 0. The molecule has 1 aromatic rings. The molecule has 2 unspecified atom stereocenters. The van der Waals surface area contributed by atoms with Crippen molar-refractivity contribution < 1.29 is 19.4 Å². The number of fused-ring (bicyclic) bond motifs is 2. The van der Waals surface area contributed by atoms with Crippen molar-refractivity contribution in [3.05, 3.63) is 18.2 Å². The van der Waals surface area contributed by atoms with E-state index in [1.165, 1.54) is 0 Å². The zero-order valence-corrected chi connectivity index (χ0v) is 10.9. The molecule has 1 aromatic heterocycles. The number of aliphatic carboxylic acids is 1. The zero-order valence-electron chi connectivity index (χ0n) is 10.9. The van der Waals surface area contributed by atoms with Crippen LogP contribution in [0.1, 0.15) is 18.5 Å². The molecule has 2 aliphatic heterocycles. The van der Waals surface area contributed by atoms with Crippen molar-refractivity contribution >= 4 is 11.9 Å². The Hall–Kier alpha value is -1.89. The fourth-order valence-electron chi connectivity index (χ4n) is 3.18. The van der Waals surface area contributed by atoms with Gasteiger partial charge in [0.2, 0.25) is 5.91 Å². The number of amides is 1. The van der Waals surface area contributed by atoms with Crippen LogP contribution in [0.2, 0.25) is 0 Å². The third-order valence-corrected chi connectivity index (χ3v) is 4.11. The molecule has 0 radical (unpaired) electrons. The van der Waals surface area contributed by atoms with Gasteiger partial charge in [-0.15, -0.1) is 0 Å². The maximum atomic E-state index is 12.2. The molecule has 0 spiro atoms. The van der Waals surface area contributed by atoms with Gasteiger partial charge >= 0.3 is 5.97 Å². The van der Waals surface area contributed by atoms with Crippen LogP contribution in [0.25, 0.3) is 0 Å². The summed E-state index contributed by atoms with van der Waals surface area (Å²) in [6.07, 6.45) is 4.89. The predicted octanol–water partition coefficient (Wildman–Crippen LogP) is -0.0534. The van der Waals surface area contributed by atoms with Crippen LogP contribution < -0.4 is 5.32 Å². The molecule has 2 bridgehead atoms. The second kappa shape index (κ2) is 5.24. The molecule has 3 heterocycles. The Kier molecular flexibility index (Phi) is 3.43. The Labute approximate surface area is 115 Å². The summed E-state index contributed by atoms with van der Waals surface area (Å²) in [6.45, 7) is 0.460. The number of H-pyrrole nitrogens is 1. The molecule has 7 heteroatoms. The van der Waals surface area contributed by atoms with E-state index in [1.54, 1.807) is 12.5 Å². The molecule has 0 saturated carbocycles. The number of aromatic amines is 1. The van der Waals surface area contributed by atoms with Gasteiger partial charge in [0, 0.05) is 24.9 Å². The molecule has 4 atom stereocenters. The average molecular weight is 279 g/mol. The quantitative estimate of drug-likeness (QED) is 0.701. The third kappa shape index (κ3) is 2.29. The van der Waals surface area contributed by atoms with E-state index in [0.717, 1.165) is 18.5 Å². The lowest BCUT2D eigenvalue weighted by Crippen LogP contribution is -2.44. The average Bonchev–Trinajstić information content (AvgIpc) is 3.13. The molecule has 2 fully saturated rings. The molecule has 20 heavy (non-hydrogen) atoms. The minimum atomic E-state index is -0.939. The van der Waals surface area contributed by atoms with Crippen molar-refractivity contribution in [2.75, 3.05) is 6.54 Å². The van der Waals surface area contributed by atoms with Crippen molar-refractivity contribution in [1.82, 2.24) is 15.3 Å². The molecule has 0 aliphatic carbocycles. The molecule has 2 saturated heterocycles. The van der Waals surface area contributed by atoms with E-state index in [4.69, 9.17) is 4.74 Å². The van der Waals surface area contributed by atoms with Crippen LogP contribution in [0.5, 0.6) is 0 Å². The van der Waals surface area contributed by atoms with Crippen LogP contribution in [0, 0.1) is 11.8 Å². The van der Waals surface area contributed by atoms with E-state index in [1.807, 2.05) is 0 Å². The van der Waals surface area contributed by atoms with Gasteiger partial charge in [-0.05, 0) is 12.8 Å². The normalized spacial score (nSPS) is 31.4. The first-order chi connectivity index (χ1) is 9.66. The number of carbonyl (C=O) groups is 2. The van der Waals surface area contributed by atoms with Gasteiger partial charge in [-0.1, -0.05) is 0 Å². The summed E-state index contributed by atoms with van der Waals surface area (Å²) >= 11 is 0. The zero-order chi connectivity index (χ0) is 14.1. The lowest BCUT2D eigenvalue weighted by Gasteiger charge is -2.23. The fraction of sp³-hybridized carbons (Fsp3) is 0.615. The number of carbonyl (C=O) groups excluding carboxylic acids is 1. The highest BCUT2D eigenvalue weighted by Crippen LogP contribution is 2.43. The third-order valence-electron chi connectivity index (χ3n) is 4.11. The number of carboxylic acids is 1. The van der Waals surface area contributed by atoms with Gasteiger partial charge < -0.3 is 20.1 Å². The lowest BCUT2D eigenvalue weighted by molar-refractivity contribution is -0.147. The number of rotatable bonds is 5. The molecule has 2 aliphatic rings. The van der Waals surface area contributed by atoms with Crippen LogP contribution in [0.4, 0.5) is 0 Å². The summed E-state index contributed by atoms with van der Waals surface area (Å²) in [7, 11) is 0. The van der Waals surface area contributed by atoms with Gasteiger partial charge in [0.25, 0.3) is 0 Å². The van der Waals surface area contributed by atoms with Crippen LogP contribution in [0.3, 0.4) is 0 Å². The number of hydrogen-bond donors (Lipinski definition) is 3. The highest BCUT2D eigenvalue weighted by atomic mass is 16.5. The van der Waals surface area contributed by atoms with E-state index in [2.05, 4.69) is 15.3 Å². The maximum absolute atomic E-state index is 12.2. The van der Waals surface area contributed by atoms with Gasteiger partial charge in [0.15, 0.2) is 0 Å². The Morgan fingerprint density at radius 1 is 1.40 bits per heavy atom. The van der Waals surface area contributed by atoms with E-state index < -0.39 is 17.8 Å². The Morgan fingerprint density at radius 2 is 2.15 bits per heavy atom. The number of carboxylic acid groups (broad SMARTS) is 1. The lowest BCUT2D eigenvalue weighted by atomic mass is 9.78. The van der Waals surface area contributed by atoms with Crippen molar-refractivity contribution in [2.24, 2.45) is 11.8 Å². The standard InChI is InChI=1S/C13H17N3O4/c17-12(15-4-3-7-5-14-6-16-7)10-8-1-2-9(20-8)11(10)13(18)19/h5-6,8-11H,1-4H2,(H,14,16)(H,15,17)(H,18,19)/t8-,9+,10?,11?/m1/s1. The van der Waals surface area contributed by atoms with Gasteiger partial charge in [-0.25, -0.2) is 4.98 Å². The molecule has 3 rings (SSSR count). The number of nitrogens with zero attached hydrogens (tertiary/aromatic N) is 1. The number of ether oxygens (including phenoxy) is 1. The van der Waals surface area contributed by atoms with E-state index in [-0.39, 0.29) is 18.1 Å². The smallest absolute Gasteiger partial charge is 0.310 e. The van der Waals surface area contributed by atoms with Crippen molar-refractivity contribution in [3.8, 4) is 0 Å². The minimum absolute atomic E-state index is 0.218. The first kappa shape index (κ1) is 13.1. The van der Waals surface area contributed by atoms with Crippen LogP contribution in [-0.4, -0.2) is 45.7 Å². The molecular formula is C13H17N3O4. The summed E-state index contributed by atoms with van der Waals surface area (Å²) in [4.78, 5) is 30.3. The van der Waals surface area contributed by atoms with E-state index in [0.29, 0.717) is 13.0 Å². The fourth-order valence-corrected chi connectivity index (χ4v) is 3.18. The number of imidazole rings is 1. The molecule has 108 valence electrons. The number of aromatic nitrogens is 2. The van der Waals surface area contributed by atoms with Crippen LogP contribution in [0.15, 0.2) is 12.5 Å². The minimum Gasteiger partial charge on any atom is -0.481 e. The Balaban J connectivity index is 1.57. The molecule has 7 nitrogen and oxygen atoms in total. The van der Waals surface area contributed by atoms with Crippen molar-refractivity contribution in [3.63, 3.8) is 0 Å². The van der Waals surface area contributed by atoms with E-state index >= 15 is 0 Å². The highest BCUT2D eigenvalue weighted by Gasteiger charge is 2.55. The van der Waals surface area contributed by atoms with Crippen LogP contribution >= 0.6 is 0 Å². The Bertz CT molecular complexity index is 502. The maximum Gasteiger partial charge on any atom is 0.310 e. The van der Waals surface area contributed by atoms with Crippen LogP contribution in [-0.2, 0) is 20.7 Å². The number of nitrogens with one attached hydrogen (secondary N) is 2. The predicted molar refractivity (Wildman–Crippen MR) is 67.8 cm³/mol. The molecular weight excluding hydrogens is 262 g/mol. The largest absolute Gasteiger partial charge is 0.481 e. The highest BCUT2D eigenvalue weighted by molar-refractivity contribution is 5.86. The van der Waals surface area contributed by atoms with Crippen molar-refractivity contribution in [2.45, 2.75) is 31.5 Å². The second-order valence-corrected chi connectivity index (χ2v) is 5.30. The second-order valence-electron chi connectivity index (χ2n) is 5.30. The molecule has 0 aromatic carbocycles. The summed E-state index contributed by atoms with van der Waals surface area (Å²) in [5.41, 5.74) is 0.935. The number of hydrogen-bond acceptors (Lipinski definition) is 4. The van der Waals surface area contributed by atoms with Gasteiger partial charge in [0.1, 0.15) is 0 Å². The SMILES string of the molecule is O=C(O)C1C(C(=O)NCCc2cnc[nH]2)[C@H]2CC[C@@H]1O2. The van der Waals surface area contributed by atoms with Gasteiger partial charge in [-0.3, -0.25) is 9.59 Å². The Morgan fingerprint density at radius 3 is 2.80 bits per heavy atom. The summed E-state index contributed by atoms with van der Waals surface area (Å²) in [5, 5.41) is 12.1. The summed E-state index contributed by atoms with van der Waals surface area (Å²) in [5.74, 6) is -2.43. The van der Waals surface area contributed by atoms with E-state index in [9.17, 15) is 14.7 Å². The first-order valence-corrected chi connectivity index (χ1v) is 6.80. The molecule has 3 N–H and O–H groups in total. The van der Waals surface area contributed by atoms with Gasteiger partial charge in [-0.2, -0.15) is 0 Å². The molecule has 1 amide bonds. The topological polar surface area (TPSA) is 104 Å².